The first-order chi connectivity index (χ1) is 17.7. The smallest absolute Gasteiger partial charge is 0.331 e. The van der Waals surface area contributed by atoms with Gasteiger partial charge in [0.05, 0.1) is 24.5 Å². The van der Waals surface area contributed by atoms with Crippen LogP contribution >= 0.6 is 0 Å². The second-order valence-electron chi connectivity index (χ2n) is 9.30. The van der Waals surface area contributed by atoms with E-state index in [1.165, 1.54) is 34.9 Å². The summed E-state index contributed by atoms with van der Waals surface area (Å²) in [5, 5.41) is 20.2. The van der Waals surface area contributed by atoms with Crippen molar-refractivity contribution in [3.63, 3.8) is 0 Å². The van der Waals surface area contributed by atoms with Crippen LogP contribution in [-0.2, 0) is 18.4 Å². The molecule has 0 bridgehead atoms. The molecule has 2 aromatic carbocycles. The third kappa shape index (κ3) is 4.16. The number of carboxylic acid groups (broad SMARTS) is 1. The Hall–Kier alpha value is -4.71. The molecule has 186 valence electrons. The molecule has 1 atom stereocenters. The molecule has 0 saturated heterocycles. The third-order valence-electron chi connectivity index (χ3n) is 6.70. The van der Waals surface area contributed by atoms with Gasteiger partial charge in [-0.2, -0.15) is 5.26 Å². The Kier molecular flexibility index (Phi) is 5.88. The molecule has 0 amide bonds. The zero-order valence-corrected chi connectivity index (χ0v) is 20.6. The summed E-state index contributed by atoms with van der Waals surface area (Å²) in [5.74, 6) is -1.60. The standard InChI is InChI=1S/C28H24FN5O3/c1-16-10-17(2)26-19(14-32(3)24(26)11-16)15-33-22-9-8-21(13-30)31-27(22)34(28(33)37)23(12-25(35)36)18-4-6-20(29)7-5-18/h4-11,14,23H,12,15H2,1-3H3,(H,35,36). The van der Waals surface area contributed by atoms with Crippen molar-refractivity contribution in [2.24, 2.45) is 7.05 Å². The van der Waals surface area contributed by atoms with E-state index in [9.17, 15) is 24.3 Å². The number of halogens is 1. The SMILES string of the molecule is Cc1cc(C)c2c(Cn3c(=O)n(C(CC(=O)O)c4ccc(F)cc4)c4nc(C#N)ccc43)cn(C)c2c1. The summed E-state index contributed by atoms with van der Waals surface area (Å²) in [4.78, 5) is 30.2. The Bertz CT molecular complexity index is 1790. The highest BCUT2D eigenvalue weighted by molar-refractivity contribution is 5.88. The number of carboxylic acids is 1. The van der Waals surface area contributed by atoms with Crippen molar-refractivity contribution in [2.75, 3.05) is 0 Å². The lowest BCUT2D eigenvalue weighted by Crippen LogP contribution is -2.30. The maximum absolute atomic E-state index is 14.0. The van der Waals surface area contributed by atoms with Crippen LogP contribution in [0.4, 0.5) is 4.39 Å². The highest BCUT2D eigenvalue weighted by Crippen LogP contribution is 2.29. The molecule has 9 heteroatoms. The molecule has 1 N–H and O–H groups in total. The Labute approximate surface area is 211 Å². The van der Waals surface area contributed by atoms with E-state index in [1.54, 1.807) is 10.6 Å². The van der Waals surface area contributed by atoms with Crippen molar-refractivity contribution in [1.82, 2.24) is 18.7 Å². The molecule has 0 spiro atoms. The molecular formula is C28H24FN5O3. The van der Waals surface area contributed by atoms with Gasteiger partial charge < -0.3 is 9.67 Å². The number of aryl methyl sites for hydroxylation is 3. The number of nitriles is 1. The lowest BCUT2D eigenvalue weighted by molar-refractivity contribution is -0.137. The minimum atomic E-state index is -1.13. The van der Waals surface area contributed by atoms with Crippen LogP contribution in [0.1, 0.15) is 40.4 Å². The number of benzene rings is 2. The number of imidazole rings is 1. The van der Waals surface area contributed by atoms with Gasteiger partial charge in [0.15, 0.2) is 5.65 Å². The van der Waals surface area contributed by atoms with Crippen LogP contribution in [0.25, 0.3) is 22.1 Å². The molecule has 37 heavy (non-hydrogen) atoms. The van der Waals surface area contributed by atoms with E-state index in [0.29, 0.717) is 11.1 Å². The van der Waals surface area contributed by atoms with Gasteiger partial charge in [-0.3, -0.25) is 13.9 Å². The number of aromatic nitrogens is 4. The number of aliphatic carboxylic acids is 1. The fourth-order valence-corrected chi connectivity index (χ4v) is 5.16. The summed E-state index contributed by atoms with van der Waals surface area (Å²) in [7, 11) is 1.95. The van der Waals surface area contributed by atoms with Gasteiger partial charge in [-0.1, -0.05) is 18.2 Å². The second-order valence-corrected chi connectivity index (χ2v) is 9.30. The van der Waals surface area contributed by atoms with Gasteiger partial charge in [0.25, 0.3) is 0 Å². The van der Waals surface area contributed by atoms with Crippen LogP contribution in [0, 0.1) is 31.0 Å². The molecule has 0 aliphatic rings. The lowest BCUT2D eigenvalue weighted by Gasteiger charge is -2.17. The van der Waals surface area contributed by atoms with Crippen LogP contribution in [0.15, 0.2) is 59.5 Å². The molecule has 0 aliphatic heterocycles. The van der Waals surface area contributed by atoms with Gasteiger partial charge in [-0.15, -0.1) is 0 Å². The minimum Gasteiger partial charge on any atom is -0.481 e. The number of rotatable bonds is 6. The van der Waals surface area contributed by atoms with Gasteiger partial charge in [0.1, 0.15) is 17.6 Å². The highest BCUT2D eigenvalue weighted by Gasteiger charge is 2.26. The van der Waals surface area contributed by atoms with Gasteiger partial charge in [0.2, 0.25) is 0 Å². The summed E-state index contributed by atoms with van der Waals surface area (Å²) in [6, 6.07) is 13.8. The van der Waals surface area contributed by atoms with Gasteiger partial charge >= 0.3 is 11.7 Å². The summed E-state index contributed by atoms with van der Waals surface area (Å²) < 4.78 is 18.5. The van der Waals surface area contributed by atoms with Crippen molar-refractivity contribution in [3.05, 3.63) is 99.0 Å². The Morgan fingerprint density at radius 3 is 2.54 bits per heavy atom. The van der Waals surface area contributed by atoms with E-state index < -0.39 is 29.9 Å². The molecule has 5 aromatic rings. The number of hydrogen-bond donors (Lipinski definition) is 1. The molecule has 3 aromatic heterocycles. The summed E-state index contributed by atoms with van der Waals surface area (Å²) in [6.45, 7) is 4.29. The largest absolute Gasteiger partial charge is 0.481 e. The molecular weight excluding hydrogens is 473 g/mol. The number of pyridine rings is 1. The highest BCUT2D eigenvalue weighted by atomic mass is 19.1. The van der Waals surface area contributed by atoms with Crippen LogP contribution in [0.2, 0.25) is 0 Å². The van der Waals surface area contributed by atoms with Crippen molar-refractivity contribution >= 4 is 28.0 Å². The quantitative estimate of drug-likeness (QED) is 0.374. The Balaban J connectivity index is 1.76. The van der Waals surface area contributed by atoms with Gasteiger partial charge in [-0.25, -0.2) is 14.2 Å². The minimum absolute atomic E-state index is 0.100. The van der Waals surface area contributed by atoms with E-state index in [1.807, 2.05) is 37.7 Å². The first kappa shape index (κ1) is 24.0. The molecule has 5 rings (SSSR count). The fourth-order valence-electron chi connectivity index (χ4n) is 5.16. The Morgan fingerprint density at radius 2 is 1.86 bits per heavy atom. The average molecular weight is 498 g/mol. The van der Waals surface area contributed by atoms with Crippen LogP contribution in [0.3, 0.4) is 0 Å². The Morgan fingerprint density at radius 1 is 1.14 bits per heavy atom. The second kappa shape index (κ2) is 9.06. The maximum atomic E-state index is 14.0. The number of carbonyl (C=O) groups is 1. The topological polar surface area (TPSA) is 106 Å². The van der Waals surface area contributed by atoms with Crippen molar-refractivity contribution < 1.29 is 14.3 Å². The number of nitrogens with zero attached hydrogens (tertiary/aromatic N) is 5. The molecule has 0 aliphatic carbocycles. The van der Waals surface area contributed by atoms with Crippen LogP contribution < -0.4 is 5.69 Å². The molecule has 3 heterocycles. The van der Waals surface area contributed by atoms with E-state index in [2.05, 4.69) is 17.1 Å². The van der Waals surface area contributed by atoms with Gasteiger partial charge in [0, 0.05) is 24.1 Å². The van der Waals surface area contributed by atoms with E-state index in [-0.39, 0.29) is 17.9 Å². The number of hydrogen-bond acceptors (Lipinski definition) is 4. The van der Waals surface area contributed by atoms with Crippen molar-refractivity contribution in [1.29, 1.82) is 5.26 Å². The summed E-state index contributed by atoms with van der Waals surface area (Å²) >= 11 is 0. The zero-order chi connectivity index (χ0) is 26.4. The molecule has 0 fully saturated rings. The summed E-state index contributed by atoms with van der Waals surface area (Å²) in [5.41, 5.74) is 4.96. The molecule has 0 saturated carbocycles. The number of fused-ring (bicyclic) bond motifs is 2. The van der Waals surface area contributed by atoms with E-state index >= 15 is 0 Å². The normalized spacial score (nSPS) is 12.2. The first-order valence-electron chi connectivity index (χ1n) is 11.7. The van der Waals surface area contributed by atoms with Crippen molar-refractivity contribution in [3.8, 4) is 6.07 Å². The van der Waals surface area contributed by atoms with Crippen molar-refractivity contribution in [2.45, 2.75) is 32.9 Å². The van der Waals surface area contributed by atoms with E-state index in [0.717, 1.165) is 27.6 Å². The summed E-state index contributed by atoms with van der Waals surface area (Å²) in [6.07, 6.45) is 1.56. The molecule has 1 unspecified atom stereocenters. The lowest BCUT2D eigenvalue weighted by atomic mass is 10.0. The zero-order valence-electron chi connectivity index (χ0n) is 20.6. The van der Waals surface area contributed by atoms with Crippen LogP contribution in [-0.4, -0.2) is 29.8 Å². The predicted octanol–water partition coefficient (Wildman–Crippen LogP) is 4.43. The maximum Gasteiger partial charge on any atom is 0.331 e. The average Bonchev–Trinajstić information content (AvgIpc) is 3.31. The fraction of sp³-hybridized carbons (Fsp3) is 0.214. The third-order valence-corrected chi connectivity index (χ3v) is 6.70. The molecule has 8 nitrogen and oxygen atoms in total. The van der Waals surface area contributed by atoms with Gasteiger partial charge in [-0.05, 0) is 66.4 Å². The van der Waals surface area contributed by atoms with Crippen LogP contribution in [0.5, 0.6) is 0 Å². The monoisotopic (exact) mass is 497 g/mol. The predicted molar refractivity (Wildman–Crippen MR) is 137 cm³/mol. The first-order valence-corrected chi connectivity index (χ1v) is 11.7. The molecule has 0 radical (unpaired) electrons. The van der Waals surface area contributed by atoms with E-state index in [4.69, 9.17) is 0 Å².